The van der Waals surface area contributed by atoms with Crippen molar-refractivity contribution < 1.29 is 19.9 Å². The summed E-state index contributed by atoms with van der Waals surface area (Å²) in [6, 6.07) is 13.8. The Hall–Kier alpha value is -3.28. The first-order valence-electron chi connectivity index (χ1n) is 6.42. The van der Waals surface area contributed by atoms with Gasteiger partial charge in [0, 0.05) is 17.5 Å². The van der Waals surface area contributed by atoms with E-state index in [0.717, 1.165) is 0 Å². The van der Waals surface area contributed by atoms with Crippen LogP contribution in [0.4, 0.5) is 5.69 Å². The van der Waals surface area contributed by atoms with E-state index in [0.29, 0.717) is 10.8 Å². The molecule has 2 N–H and O–H groups in total. The smallest absolute Gasteiger partial charge is 0.269 e. The second kappa shape index (κ2) is 5.25. The maximum atomic E-state index is 10.6. The van der Waals surface area contributed by atoms with Gasteiger partial charge in [-0.1, -0.05) is 24.3 Å². The van der Waals surface area contributed by atoms with E-state index in [2.05, 4.69) is 0 Å². The van der Waals surface area contributed by atoms with Crippen molar-refractivity contribution >= 4 is 16.5 Å². The molecule has 0 aliphatic rings. The summed E-state index contributed by atoms with van der Waals surface area (Å²) in [4.78, 5) is 10.1. The molecular weight excluding hydrogens is 286 g/mol. The minimum atomic E-state index is -0.519. The van der Waals surface area contributed by atoms with Crippen molar-refractivity contribution in [3.05, 3.63) is 64.7 Å². The van der Waals surface area contributed by atoms with Gasteiger partial charge in [0.05, 0.1) is 4.92 Å². The van der Waals surface area contributed by atoms with E-state index in [-0.39, 0.29) is 28.7 Å². The Balaban J connectivity index is 2.01. The number of hydrogen-bond acceptors (Lipinski definition) is 5. The molecule has 110 valence electrons. The lowest BCUT2D eigenvalue weighted by molar-refractivity contribution is -0.384. The van der Waals surface area contributed by atoms with E-state index in [1.54, 1.807) is 24.3 Å². The lowest BCUT2D eigenvalue weighted by atomic mass is 10.1. The summed E-state index contributed by atoms with van der Waals surface area (Å²) in [6.45, 7) is 0. The maximum absolute atomic E-state index is 10.6. The molecule has 6 heteroatoms. The molecule has 0 aliphatic carbocycles. The van der Waals surface area contributed by atoms with Crippen LogP contribution in [0.15, 0.2) is 54.6 Å². The second-order valence-electron chi connectivity index (χ2n) is 4.65. The first-order valence-corrected chi connectivity index (χ1v) is 6.42. The lowest BCUT2D eigenvalue weighted by Gasteiger charge is -2.11. The van der Waals surface area contributed by atoms with Crippen LogP contribution >= 0.6 is 0 Å². The number of benzene rings is 3. The van der Waals surface area contributed by atoms with Crippen molar-refractivity contribution in [1.82, 2.24) is 0 Å². The molecule has 3 aromatic rings. The number of aromatic hydroxyl groups is 2. The molecular formula is C16H11NO5. The van der Waals surface area contributed by atoms with Gasteiger partial charge in [0.25, 0.3) is 5.69 Å². The third-order valence-corrected chi connectivity index (χ3v) is 3.22. The predicted molar refractivity (Wildman–Crippen MR) is 80.4 cm³/mol. The zero-order chi connectivity index (χ0) is 15.7. The van der Waals surface area contributed by atoms with Gasteiger partial charge in [0.15, 0.2) is 11.5 Å². The molecule has 0 atom stereocenters. The molecule has 0 heterocycles. The molecule has 3 aromatic carbocycles. The summed E-state index contributed by atoms with van der Waals surface area (Å²) in [6.07, 6.45) is 0. The highest BCUT2D eigenvalue weighted by Gasteiger charge is 2.15. The van der Waals surface area contributed by atoms with Gasteiger partial charge in [-0.15, -0.1) is 0 Å². The average molecular weight is 297 g/mol. The monoisotopic (exact) mass is 297 g/mol. The van der Waals surface area contributed by atoms with Crippen molar-refractivity contribution in [2.45, 2.75) is 0 Å². The third-order valence-electron chi connectivity index (χ3n) is 3.22. The Labute approximate surface area is 125 Å². The van der Waals surface area contributed by atoms with E-state index >= 15 is 0 Å². The number of hydrogen-bond donors (Lipinski definition) is 2. The van der Waals surface area contributed by atoms with Crippen LogP contribution in [0, 0.1) is 10.1 Å². The third kappa shape index (κ3) is 2.37. The molecule has 0 radical (unpaired) electrons. The number of phenolic OH excluding ortho intramolecular Hbond substituents is 2. The van der Waals surface area contributed by atoms with Gasteiger partial charge in [-0.05, 0) is 23.6 Å². The molecule has 0 bridgehead atoms. The molecule has 0 spiro atoms. The Bertz CT molecular complexity index is 858. The standard InChI is InChI=1S/C16H11NO5/c18-14-9-10-3-1-2-4-13(10)15(19)16(14)22-12-7-5-11(6-8-12)17(20)21/h1-9,18-19H. The van der Waals surface area contributed by atoms with E-state index in [1.165, 1.54) is 30.3 Å². The van der Waals surface area contributed by atoms with E-state index < -0.39 is 4.92 Å². The number of ether oxygens (including phenoxy) is 1. The summed E-state index contributed by atoms with van der Waals surface area (Å²) in [7, 11) is 0. The fraction of sp³-hybridized carbons (Fsp3) is 0. The van der Waals surface area contributed by atoms with Crippen LogP contribution in [0.2, 0.25) is 0 Å². The second-order valence-corrected chi connectivity index (χ2v) is 4.65. The zero-order valence-electron chi connectivity index (χ0n) is 11.3. The number of non-ortho nitro benzene ring substituents is 1. The largest absolute Gasteiger partial charge is 0.504 e. The van der Waals surface area contributed by atoms with E-state index in [1.807, 2.05) is 0 Å². The first-order chi connectivity index (χ1) is 10.6. The molecule has 3 rings (SSSR count). The quantitative estimate of drug-likeness (QED) is 0.564. The van der Waals surface area contributed by atoms with Crippen molar-refractivity contribution in [2.24, 2.45) is 0 Å². The molecule has 0 saturated carbocycles. The fourth-order valence-corrected chi connectivity index (χ4v) is 2.15. The minimum absolute atomic E-state index is 0.0701. The summed E-state index contributed by atoms with van der Waals surface area (Å²) < 4.78 is 5.46. The van der Waals surface area contributed by atoms with Gasteiger partial charge in [-0.2, -0.15) is 0 Å². The molecule has 0 aromatic heterocycles. The van der Waals surface area contributed by atoms with E-state index in [4.69, 9.17) is 4.74 Å². The van der Waals surface area contributed by atoms with Crippen LogP contribution in [0.1, 0.15) is 0 Å². The van der Waals surface area contributed by atoms with Crippen molar-refractivity contribution in [3.8, 4) is 23.0 Å². The molecule has 0 unspecified atom stereocenters. The van der Waals surface area contributed by atoms with Crippen LogP contribution in [0.25, 0.3) is 10.8 Å². The summed E-state index contributed by atoms with van der Waals surface area (Å²) >= 11 is 0. The van der Waals surface area contributed by atoms with E-state index in [9.17, 15) is 20.3 Å². The SMILES string of the molecule is O=[N+]([O-])c1ccc(Oc2c(O)cc3ccccc3c2O)cc1. The topological polar surface area (TPSA) is 92.8 Å². The Morgan fingerprint density at radius 3 is 2.36 bits per heavy atom. The fourth-order valence-electron chi connectivity index (χ4n) is 2.15. The Kier molecular flexibility index (Phi) is 3.27. The van der Waals surface area contributed by atoms with Gasteiger partial charge < -0.3 is 14.9 Å². The first kappa shape index (κ1) is 13.7. The Morgan fingerprint density at radius 2 is 1.68 bits per heavy atom. The predicted octanol–water partition coefficient (Wildman–Crippen LogP) is 3.95. The molecule has 0 fully saturated rings. The molecule has 0 amide bonds. The van der Waals surface area contributed by atoms with Crippen LogP contribution < -0.4 is 4.74 Å². The number of fused-ring (bicyclic) bond motifs is 1. The molecule has 6 nitrogen and oxygen atoms in total. The van der Waals surface area contributed by atoms with Gasteiger partial charge in [-0.3, -0.25) is 10.1 Å². The number of phenols is 2. The zero-order valence-corrected chi connectivity index (χ0v) is 11.3. The Morgan fingerprint density at radius 1 is 1.00 bits per heavy atom. The highest BCUT2D eigenvalue weighted by molar-refractivity contribution is 5.92. The molecule has 22 heavy (non-hydrogen) atoms. The normalized spacial score (nSPS) is 10.5. The van der Waals surface area contributed by atoms with Crippen LogP contribution in [0.5, 0.6) is 23.0 Å². The molecule has 0 aliphatic heterocycles. The summed E-state index contributed by atoms with van der Waals surface area (Å²) in [5.41, 5.74) is -0.0701. The van der Waals surface area contributed by atoms with Crippen LogP contribution in [-0.2, 0) is 0 Å². The number of nitrogens with zero attached hydrogens (tertiary/aromatic N) is 1. The van der Waals surface area contributed by atoms with Gasteiger partial charge in [0.1, 0.15) is 5.75 Å². The average Bonchev–Trinajstić information content (AvgIpc) is 2.52. The van der Waals surface area contributed by atoms with Gasteiger partial charge >= 0.3 is 0 Å². The lowest BCUT2D eigenvalue weighted by Crippen LogP contribution is -1.89. The highest BCUT2D eigenvalue weighted by atomic mass is 16.6. The van der Waals surface area contributed by atoms with Crippen LogP contribution in [0.3, 0.4) is 0 Å². The highest BCUT2D eigenvalue weighted by Crippen LogP contribution is 2.44. The van der Waals surface area contributed by atoms with Crippen molar-refractivity contribution in [1.29, 1.82) is 0 Å². The minimum Gasteiger partial charge on any atom is -0.504 e. The summed E-state index contributed by atoms with van der Waals surface area (Å²) in [5, 5.41) is 32.1. The number of nitro groups is 1. The van der Waals surface area contributed by atoms with Crippen molar-refractivity contribution in [2.75, 3.05) is 0 Å². The number of rotatable bonds is 3. The van der Waals surface area contributed by atoms with Gasteiger partial charge in [-0.25, -0.2) is 0 Å². The van der Waals surface area contributed by atoms with Crippen LogP contribution in [-0.4, -0.2) is 15.1 Å². The molecule has 0 saturated heterocycles. The number of nitro benzene ring substituents is 1. The maximum Gasteiger partial charge on any atom is 0.269 e. The van der Waals surface area contributed by atoms with Crippen molar-refractivity contribution in [3.63, 3.8) is 0 Å². The van der Waals surface area contributed by atoms with Gasteiger partial charge in [0.2, 0.25) is 5.75 Å². The summed E-state index contributed by atoms with van der Waals surface area (Å²) in [5.74, 6) is -0.220.